The van der Waals surface area contributed by atoms with Gasteiger partial charge in [-0.15, -0.1) is 0 Å². The number of hydrogen-bond donors (Lipinski definition) is 0. The van der Waals surface area contributed by atoms with E-state index in [0.29, 0.717) is 55.6 Å². The fourth-order valence-electron chi connectivity index (χ4n) is 4.26. The maximum atomic E-state index is 12.3. The van der Waals surface area contributed by atoms with E-state index in [4.69, 9.17) is 33.2 Å². The Kier molecular flexibility index (Phi) is 34.1. The maximum absolute atomic E-state index is 12.3. The fraction of sp³-hybridized carbons (Fsp3) is 0.409. The van der Waals surface area contributed by atoms with Crippen molar-refractivity contribution in [3.05, 3.63) is 103 Å². The van der Waals surface area contributed by atoms with Crippen molar-refractivity contribution in [2.45, 2.75) is 84.7 Å². The molecule has 1 aliphatic carbocycles. The van der Waals surface area contributed by atoms with Crippen molar-refractivity contribution in [2.24, 2.45) is 0 Å². The van der Waals surface area contributed by atoms with Crippen molar-refractivity contribution < 1.29 is 57.2 Å². The van der Waals surface area contributed by atoms with E-state index >= 15 is 0 Å². The van der Waals surface area contributed by atoms with E-state index in [1.54, 1.807) is 82.0 Å². The molecule has 3 rings (SSSR count). The summed E-state index contributed by atoms with van der Waals surface area (Å²) >= 11 is 0. The van der Waals surface area contributed by atoms with Gasteiger partial charge >= 0.3 is 17.9 Å². The van der Waals surface area contributed by atoms with Crippen LogP contribution in [0.1, 0.15) is 87.6 Å². The summed E-state index contributed by atoms with van der Waals surface area (Å²) in [7, 11) is 4.85. The Balaban J connectivity index is 0. The Morgan fingerprint density at radius 2 is 1.46 bits per heavy atom. The van der Waals surface area contributed by atoms with E-state index in [-0.39, 0.29) is 18.0 Å². The second kappa shape index (κ2) is 36.4. The summed E-state index contributed by atoms with van der Waals surface area (Å²) in [5, 5.41) is 0. The lowest BCUT2D eigenvalue weighted by molar-refractivity contribution is -0.147. The average Bonchev–Trinajstić information content (AvgIpc) is 3.23. The number of methoxy groups -OCH3 is 3. The molecule has 1 unspecified atom stereocenters. The second-order valence-corrected chi connectivity index (χ2v) is 11.3. The molecule has 0 spiro atoms. The van der Waals surface area contributed by atoms with Crippen LogP contribution in [0.4, 0.5) is 0 Å². The van der Waals surface area contributed by atoms with Crippen LogP contribution in [0, 0.1) is 6.92 Å². The smallest absolute Gasteiger partial charge is 0.343 e. The number of aldehydes is 3. The second-order valence-electron chi connectivity index (χ2n) is 11.3. The van der Waals surface area contributed by atoms with Gasteiger partial charge in [0.1, 0.15) is 42.2 Å². The largest absolute Gasteiger partial charge is 0.497 e. The van der Waals surface area contributed by atoms with Crippen LogP contribution < -0.4 is 14.2 Å². The van der Waals surface area contributed by atoms with Crippen molar-refractivity contribution in [2.75, 3.05) is 34.5 Å². The van der Waals surface area contributed by atoms with Crippen LogP contribution in [0.5, 0.6) is 17.2 Å². The number of hydrogen-bond acceptors (Lipinski definition) is 12. The summed E-state index contributed by atoms with van der Waals surface area (Å²) < 4.78 is 30.6. The molecule has 0 aliphatic heterocycles. The number of carbonyl (C=O) groups excluding carboxylic acids is 6. The molecule has 0 heterocycles. The van der Waals surface area contributed by atoms with E-state index < -0.39 is 5.97 Å². The molecule has 0 fully saturated rings. The quantitative estimate of drug-likeness (QED) is 0.0417. The predicted octanol–water partition coefficient (Wildman–Crippen LogP) is 8.29. The molecule has 0 amide bonds. The molecule has 0 saturated heterocycles. The molecule has 2 aromatic rings. The molecular formula is C44H60O12. The molecule has 0 radical (unpaired) electrons. The van der Waals surface area contributed by atoms with E-state index in [0.717, 1.165) is 74.2 Å². The molecular weight excluding hydrogens is 720 g/mol. The Morgan fingerprint density at radius 1 is 0.821 bits per heavy atom. The van der Waals surface area contributed by atoms with Crippen molar-refractivity contribution >= 4 is 36.8 Å². The number of benzene rings is 2. The van der Waals surface area contributed by atoms with E-state index in [1.807, 2.05) is 20.8 Å². The van der Waals surface area contributed by atoms with Gasteiger partial charge in [0.25, 0.3) is 0 Å². The highest BCUT2D eigenvalue weighted by atomic mass is 16.5. The SMILES string of the molecule is C=CC(=O)OCCCCCC=O.C=CC=O.CC.COCCCCCC(=O)OC1C=CC(C(=O)Oc2ccc(OC)c(C)c2)=CC1.COc1ccc(C=O)cc1. The third-order valence-electron chi connectivity index (χ3n) is 7.11. The van der Waals surface area contributed by atoms with Gasteiger partial charge in [-0.25, -0.2) is 9.59 Å². The number of ether oxygens (including phenoxy) is 6. The van der Waals surface area contributed by atoms with Gasteiger partial charge in [-0.2, -0.15) is 0 Å². The Morgan fingerprint density at radius 3 is 1.98 bits per heavy atom. The monoisotopic (exact) mass is 780 g/mol. The molecule has 0 bridgehead atoms. The van der Waals surface area contributed by atoms with Crippen LogP contribution in [0.25, 0.3) is 0 Å². The molecule has 56 heavy (non-hydrogen) atoms. The Hall–Kier alpha value is -5.62. The number of esters is 3. The summed E-state index contributed by atoms with van der Waals surface area (Å²) in [5.74, 6) is 0.916. The molecule has 0 saturated carbocycles. The molecule has 2 aromatic carbocycles. The summed E-state index contributed by atoms with van der Waals surface area (Å²) in [5.41, 5.74) is 2.00. The van der Waals surface area contributed by atoms with Gasteiger partial charge in [-0.3, -0.25) is 14.4 Å². The normalized spacial score (nSPS) is 11.8. The molecule has 308 valence electrons. The highest BCUT2D eigenvalue weighted by Crippen LogP contribution is 2.24. The van der Waals surface area contributed by atoms with Crippen LogP contribution >= 0.6 is 0 Å². The van der Waals surface area contributed by atoms with Crippen molar-refractivity contribution in [3.8, 4) is 17.2 Å². The predicted molar refractivity (Wildman–Crippen MR) is 217 cm³/mol. The summed E-state index contributed by atoms with van der Waals surface area (Å²) in [4.78, 5) is 63.8. The molecule has 0 N–H and O–H groups in total. The lowest BCUT2D eigenvalue weighted by Crippen LogP contribution is -2.19. The van der Waals surface area contributed by atoms with Crippen LogP contribution in [0.15, 0.2) is 91.6 Å². The standard InChI is InChI=1S/C22H28O6.C9H14O3.C8H8O2.C3H4O.C2H6/c1-16-15-19(12-13-20(16)26-3)28-22(24)17-8-10-18(11-9-17)27-21(23)7-5-4-6-14-25-2;1-2-9(11)12-8-6-4-3-5-7-10;1-10-8-4-2-7(6-9)3-5-8;1-2-3-4;1-2/h8-10,12-13,15,18H,4-7,11,14H2,1-3H3;2,7H,1,3-6,8H2;2-6H,1H3;2-3H,1H2;1-2H3. The summed E-state index contributed by atoms with van der Waals surface area (Å²) in [6.07, 6.45) is 16.1. The number of unbranched alkanes of at least 4 members (excludes halogenated alkanes) is 5. The van der Waals surface area contributed by atoms with Crippen LogP contribution in [0.3, 0.4) is 0 Å². The minimum absolute atomic E-state index is 0.222. The number of allylic oxidation sites excluding steroid dienone is 1. The zero-order valence-electron chi connectivity index (χ0n) is 33.8. The number of rotatable bonds is 20. The first kappa shape index (κ1) is 52.5. The van der Waals surface area contributed by atoms with Crippen molar-refractivity contribution in [3.63, 3.8) is 0 Å². The first-order valence-corrected chi connectivity index (χ1v) is 18.4. The van der Waals surface area contributed by atoms with Gasteiger partial charge in [0, 0.05) is 44.6 Å². The highest BCUT2D eigenvalue weighted by Gasteiger charge is 2.18. The molecule has 1 atom stereocenters. The minimum Gasteiger partial charge on any atom is -0.497 e. The lowest BCUT2D eigenvalue weighted by Gasteiger charge is -2.17. The highest BCUT2D eigenvalue weighted by molar-refractivity contribution is 5.93. The van der Waals surface area contributed by atoms with E-state index in [2.05, 4.69) is 13.2 Å². The average molecular weight is 781 g/mol. The zero-order valence-corrected chi connectivity index (χ0v) is 33.8. The zero-order chi connectivity index (χ0) is 42.4. The maximum Gasteiger partial charge on any atom is 0.343 e. The van der Waals surface area contributed by atoms with Crippen LogP contribution in [-0.4, -0.2) is 77.4 Å². The number of aryl methyl sites for hydroxylation is 1. The van der Waals surface area contributed by atoms with Crippen molar-refractivity contribution in [1.82, 2.24) is 0 Å². The van der Waals surface area contributed by atoms with Crippen LogP contribution in [-0.2, 0) is 38.2 Å². The van der Waals surface area contributed by atoms with Gasteiger partial charge in [0.15, 0.2) is 0 Å². The van der Waals surface area contributed by atoms with Crippen molar-refractivity contribution in [1.29, 1.82) is 0 Å². The van der Waals surface area contributed by atoms with E-state index in [1.165, 1.54) is 6.08 Å². The van der Waals surface area contributed by atoms with Gasteiger partial charge in [-0.05, 0) is 105 Å². The topological polar surface area (TPSA) is 158 Å². The van der Waals surface area contributed by atoms with E-state index in [9.17, 15) is 24.0 Å². The molecule has 12 heteroatoms. The molecule has 1 aliphatic rings. The molecule has 12 nitrogen and oxygen atoms in total. The van der Waals surface area contributed by atoms with Crippen LogP contribution in [0.2, 0.25) is 0 Å². The summed E-state index contributed by atoms with van der Waals surface area (Å²) in [6, 6.07) is 12.1. The lowest BCUT2D eigenvalue weighted by atomic mass is 10.0. The Bertz CT molecular complexity index is 1490. The summed E-state index contributed by atoms with van der Waals surface area (Å²) in [6.45, 7) is 13.4. The van der Waals surface area contributed by atoms with Gasteiger partial charge < -0.3 is 33.2 Å². The van der Waals surface area contributed by atoms with Gasteiger partial charge in [0.2, 0.25) is 0 Å². The minimum atomic E-state index is -0.441. The fourth-order valence-corrected chi connectivity index (χ4v) is 4.26. The Labute approximate surface area is 332 Å². The number of carbonyl (C=O) groups is 6. The third kappa shape index (κ3) is 27.0. The third-order valence-corrected chi connectivity index (χ3v) is 7.11. The molecule has 0 aromatic heterocycles. The first-order chi connectivity index (χ1) is 27.1. The van der Waals surface area contributed by atoms with Gasteiger partial charge in [-0.1, -0.05) is 39.5 Å². The first-order valence-electron chi connectivity index (χ1n) is 18.4. The van der Waals surface area contributed by atoms with Gasteiger partial charge in [0.05, 0.1) is 26.4 Å².